The third-order valence-electron chi connectivity index (χ3n) is 2.11. The molecule has 18 heavy (non-hydrogen) atoms. The largest absolute Gasteiger partial charge is 0.382 e. The van der Waals surface area contributed by atoms with Crippen LogP contribution in [-0.4, -0.2) is 18.5 Å². The Labute approximate surface area is 122 Å². The molecule has 1 aromatic carbocycles. The molecule has 0 fully saturated rings. The lowest BCUT2D eigenvalue weighted by Crippen LogP contribution is -2.31. The van der Waals surface area contributed by atoms with Gasteiger partial charge < -0.3 is 10.6 Å². The first kappa shape index (κ1) is 15.4. The number of rotatable bonds is 5. The Kier molecular flexibility index (Phi) is 6.06. The normalized spacial score (nSPS) is 10.6. The summed E-state index contributed by atoms with van der Waals surface area (Å²) >= 11 is 17.8. The molecule has 0 aromatic heterocycles. The lowest BCUT2D eigenvalue weighted by atomic mass is 10.3. The van der Waals surface area contributed by atoms with Gasteiger partial charge in [0.15, 0.2) is 0 Å². The molecule has 0 spiro atoms. The summed E-state index contributed by atoms with van der Waals surface area (Å²) in [4.78, 5) is 11.4. The van der Waals surface area contributed by atoms with Gasteiger partial charge in [0.25, 0.3) is 0 Å². The van der Waals surface area contributed by atoms with Gasteiger partial charge in [-0.2, -0.15) is 0 Å². The molecule has 3 nitrogen and oxygen atoms in total. The summed E-state index contributed by atoms with van der Waals surface area (Å²) in [5, 5.41) is 7.19. The molecule has 0 heterocycles. The highest BCUT2D eigenvalue weighted by atomic mass is 35.5. The summed E-state index contributed by atoms with van der Waals surface area (Å²) in [5.74, 6) is -0.0151. The van der Waals surface area contributed by atoms with Gasteiger partial charge >= 0.3 is 0 Å². The molecule has 6 heteroatoms. The average molecular weight is 310 g/mol. The van der Waals surface area contributed by atoms with E-state index in [1.165, 1.54) is 0 Å². The van der Waals surface area contributed by atoms with Crippen molar-refractivity contribution in [2.24, 2.45) is 0 Å². The van der Waals surface area contributed by atoms with Crippen LogP contribution in [0.5, 0.6) is 0 Å². The van der Waals surface area contributed by atoms with E-state index >= 15 is 0 Å². The van der Waals surface area contributed by atoms with Gasteiger partial charge in [0.05, 0.1) is 15.7 Å². The zero-order valence-electron chi connectivity index (χ0n) is 10.2. The van der Waals surface area contributed by atoms with Gasteiger partial charge in [-0.15, -0.1) is 0 Å². The number of carbonyl (C=O) groups excluding carboxylic acids is 1. The van der Waals surface area contributed by atoms with Crippen LogP contribution >= 0.6 is 34.8 Å². The number of carbonyl (C=O) groups is 1. The molecule has 100 valence electrons. The first-order valence-electron chi connectivity index (χ1n) is 5.58. The second-order valence-corrected chi connectivity index (χ2v) is 5.39. The SMILES string of the molecule is CC(C)NC(=O)CCNc1c(Cl)cc(Cl)cc1Cl. The monoisotopic (exact) mass is 308 g/mol. The number of halogens is 3. The Morgan fingerprint density at radius 1 is 1.22 bits per heavy atom. The molecular weight excluding hydrogens is 295 g/mol. The fourth-order valence-corrected chi connectivity index (χ4v) is 2.36. The molecule has 1 amide bonds. The van der Waals surface area contributed by atoms with E-state index in [0.29, 0.717) is 33.7 Å². The second kappa shape index (κ2) is 7.07. The summed E-state index contributed by atoms with van der Waals surface area (Å²) in [6.07, 6.45) is 0.355. The van der Waals surface area contributed by atoms with Gasteiger partial charge in [0.1, 0.15) is 0 Å². The minimum Gasteiger partial charge on any atom is -0.382 e. The van der Waals surface area contributed by atoms with E-state index < -0.39 is 0 Å². The van der Waals surface area contributed by atoms with Crippen LogP contribution in [0.25, 0.3) is 0 Å². The highest BCUT2D eigenvalue weighted by Gasteiger charge is 2.08. The smallest absolute Gasteiger partial charge is 0.221 e. The van der Waals surface area contributed by atoms with Crippen molar-refractivity contribution >= 4 is 46.4 Å². The molecule has 0 aliphatic heterocycles. The summed E-state index contributed by atoms with van der Waals surface area (Å²) in [7, 11) is 0. The molecule has 0 atom stereocenters. The Morgan fingerprint density at radius 2 is 1.78 bits per heavy atom. The van der Waals surface area contributed by atoms with Crippen molar-refractivity contribution in [2.75, 3.05) is 11.9 Å². The van der Waals surface area contributed by atoms with Crippen molar-refractivity contribution in [3.63, 3.8) is 0 Å². The molecule has 0 bridgehead atoms. The fraction of sp³-hybridized carbons (Fsp3) is 0.417. The van der Waals surface area contributed by atoms with Crippen molar-refractivity contribution in [2.45, 2.75) is 26.3 Å². The summed E-state index contributed by atoms with van der Waals surface area (Å²) in [5.41, 5.74) is 0.597. The van der Waals surface area contributed by atoms with E-state index in [-0.39, 0.29) is 11.9 Å². The van der Waals surface area contributed by atoms with E-state index in [1.807, 2.05) is 13.8 Å². The number of anilines is 1. The van der Waals surface area contributed by atoms with Crippen LogP contribution in [0.15, 0.2) is 12.1 Å². The number of benzene rings is 1. The van der Waals surface area contributed by atoms with Gasteiger partial charge in [0.2, 0.25) is 5.91 Å². The molecule has 1 aromatic rings. The maximum Gasteiger partial charge on any atom is 0.221 e. The van der Waals surface area contributed by atoms with E-state index in [1.54, 1.807) is 12.1 Å². The van der Waals surface area contributed by atoms with E-state index in [9.17, 15) is 4.79 Å². The van der Waals surface area contributed by atoms with Gasteiger partial charge in [-0.25, -0.2) is 0 Å². The van der Waals surface area contributed by atoms with Crippen LogP contribution in [0.2, 0.25) is 15.1 Å². The van der Waals surface area contributed by atoms with Crippen molar-refractivity contribution in [3.05, 3.63) is 27.2 Å². The van der Waals surface area contributed by atoms with Gasteiger partial charge in [-0.3, -0.25) is 4.79 Å². The van der Waals surface area contributed by atoms with Gasteiger partial charge in [-0.05, 0) is 26.0 Å². The number of hydrogen-bond acceptors (Lipinski definition) is 2. The Hall–Kier alpha value is -0.640. The predicted octanol–water partition coefficient (Wildman–Crippen LogP) is 3.97. The van der Waals surface area contributed by atoms with Crippen molar-refractivity contribution < 1.29 is 4.79 Å². The summed E-state index contributed by atoms with van der Waals surface area (Å²) in [6.45, 7) is 4.29. The molecule has 0 aliphatic carbocycles. The summed E-state index contributed by atoms with van der Waals surface area (Å²) < 4.78 is 0. The van der Waals surface area contributed by atoms with Gasteiger partial charge in [0, 0.05) is 24.0 Å². The number of nitrogens with one attached hydrogen (secondary N) is 2. The van der Waals surface area contributed by atoms with Crippen LogP contribution in [0, 0.1) is 0 Å². The molecule has 0 unspecified atom stereocenters. The topological polar surface area (TPSA) is 41.1 Å². The van der Waals surface area contributed by atoms with E-state index in [2.05, 4.69) is 10.6 Å². The Balaban J connectivity index is 2.52. The molecule has 0 saturated carbocycles. The highest BCUT2D eigenvalue weighted by Crippen LogP contribution is 2.33. The lowest BCUT2D eigenvalue weighted by molar-refractivity contribution is -0.121. The highest BCUT2D eigenvalue weighted by molar-refractivity contribution is 6.41. The van der Waals surface area contributed by atoms with Crippen LogP contribution in [-0.2, 0) is 4.79 Å². The maximum atomic E-state index is 11.4. The van der Waals surface area contributed by atoms with Crippen LogP contribution in [0.4, 0.5) is 5.69 Å². The molecule has 2 N–H and O–H groups in total. The van der Waals surface area contributed by atoms with Crippen LogP contribution < -0.4 is 10.6 Å². The van der Waals surface area contributed by atoms with E-state index in [4.69, 9.17) is 34.8 Å². The second-order valence-electron chi connectivity index (χ2n) is 4.14. The Bertz CT molecular complexity index is 412. The van der Waals surface area contributed by atoms with Gasteiger partial charge in [-0.1, -0.05) is 34.8 Å². The minimum absolute atomic E-state index is 0.0151. The number of amides is 1. The van der Waals surface area contributed by atoms with Crippen LogP contribution in [0.3, 0.4) is 0 Å². The third-order valence-corrected chi connectivity index (χ3v) is 2.92. The van der Waals surface area contributed by atoms with Crippen molar-refractivity contribution in [1.29, 1.82) is 0 Å². The molecular formula is C12H15Cl3N2O. The molecule has 0 saturated heterocycles. The zero-order valence-corrected chi connectivity index (χ0v) is 12.5. The van der Waals surface area contributed by atoms with Crippen molar-refractivity contribution in [1.82, 2.24) is 5.32 Å². The maximum absolute atomic E-state index is 11.4. The molecule has 1 rings (SSSR count). The van der Waals surface area contributed by atoms with Crippen LogP contribution in [0.1, 0.15) is 20.3 Å². The Morgan fingerprint density at radius 3 is 2.28 bits per heavy atom. The standard InChI is InChI=1S/C12H15Cl3N2O/c1-7(2)17-11(18)3-4-16-12-9(14)5-8(13)6-10(12)15/h5-7,16H,3-4H2,1-2H3,(H,17,18). The van der Waals surface area contributed by atoms with Crippen molar-refractivity contribution in [3.8, 4) is 0 Å². The first-order valence-corrected chi connectivity index (χ1v) is 6.71. The first-order chi connectivity index (χ1) is 8.40. The molecule has 0 aliphatic rings. The zero-order chi connectivity index (χ0) is 13.7. The number of hydrogen-bond donors (Lipinski definition) is 2. The lowest BCUT2D eigenvalue weighted by Gasteiger charge is -2.12. The summed E-state index contributed by atoms with van der Waals surface area (Å²) in [6, 6.07) is 3.34. The average Bonchev–Trinajstić information content (AvgIpc) is 2.20. The minimum atomic E-state index is -0.0151. The molecule has 0 radical (unpaired) electrons. The quantitative estimate of drug-likeness (QED) is 0.864. The predicted molar refractivity (Wildman–Crippen MR) is 77.9 cm³/mol. The third kappa shape index (κ3) is 4.92. The van der Waals surface area contributed by atoms with E-state index in [0.717, 1.165) is 0 Å². The fourth-order valence-electron chi connectivity index (χ4n) is 1.41.